The molecular weight excluding hydrogens is 397 g/mol. The van der Waals surface area contributed by atoms with E-state index in [-0.39, 0.29) is 17.8 Å². The van der Waals surface area contributed by atoms with Gasteiger partial charge in [0, 0.05) is 36.3 Å². The lowest BCUT2D eigenvalue weighted by Gasteiger charge is -2.10. The molecule has 0 radical (unpaired) electrons. The summed E-state index contributed by atoms with van der Waals surface area (Å²) in [5, 5.41) is 8.07. The molecule has 4 rings (SSSR count). The number of nitrogens with one attached hydrogen (secondary N) is 1. The number of carbonyl (C=O) groups excluding carboxylic acids is 1. The summed E-state index contributed by atoms with van der Waals surface area (Å²) < 4.78 is 20.6. The van der Waals surface area contributed by atoms with Gasteiger partial charge in [-0.1, -0.05) is 12.1 Å². The molecule has 158 valence electrons. The van der Waals surface area contributed by atoms with Gasteiger partial charge in [-0.25, -0.2) is 19.0 Å². The lowest BCUT2D eigenvalue weighted by molar-refractivity contribution is 0.0950. The fraction of sp³-hybridized carbons (Fsp3) is 0.217. The van der Waals surface area contributed by atoms with Crippen LogP contribution in [0, 0.1) is 12.7 Å². The number of amides is 1. The number of pyridine rings is 2. The van der Waals surface area contributed by atoms with Gasteiger partial charge in [0.15, 0.2) is 5.65 Å². The van der Waals surface area contributed by atoms with E-state index in [1.165, 1.54) is 12.1 Å². The molecule has 0 aliphatic heterocycles. The number of fused-ring (bicyclic) bond motifs is 1. The zero-order chi connectivity index (χ0) is 22.0. The van der Waals surface area contributed by atoms with Gasteiger partial charge in [-0.05, 0) is 44.5 Å². The summed E-state index contributed by atoms with van der Waals surface area (Å²) in [6.45, 7) is 6.18. The highest BCUT2D eigenvalue weighted by Gasteiger charge is 2.15. The molecule has 7 nitrogen and oxygen atoms in total. The van der Waals surface area contributed by atoms with Crippen LogP contribution in [0.4, 0.5) is 4.39 Å². The number of nitrogens with zero attached hydrogens (tertiary/aromatic N) is 4. The van der Waals surface area contributed by atoms with E-state index in [1.54, 1.807) is 36.7 Å². The van der Waals surface area contributed by atoms with Gasteiger partial charge in [0.25, 0.3) is 5.91 Å². The van der Waals surface area contributed by atoms with Gasteiger partial charge in [0.05, 0.1) is 17.5 Å². The molecule has 1 amide bonds. The molecule has 0 unspecified atom stereocenters. The second-order valence-electron chi connectivity index (χ2n) is 7.46. The van der Waals surface area contributed by atoms with E-state index in [4.69, 9.17) is 4.74 Å². The summed E-state index contributed by atoms with van der Waals surface area (Å²) in [6, 6.07) is 11.3. The SMILES string of the molecule is Cc1nc2c(cnn2C(C)C)cc1C(=O)NCc1ccc(Oc2cccc(F)c2)nc1. The summed E-state index contributed by atoms with van der Waals surface area (Å²) in [5.41, 5.74) is 2.72. The average Bonchev–Trinajstić information content (AvgIpc) is 3.15. The van der Waals surface area contributed by atoms with Crippen LogP contribution in [-0.2, 0) is 6.54 Å². The summed E-state index contributed by atoms with van der Waals surface area (Å²) in [5.74, 6) is 0.113. The van der Waals surface area contributed by atoms with Crippen LogP contribution >= 0.6 is 0 Å². The van der Waals surface area contributed by atoms with Gasteiger partial charge in [-0.2, -0.15) is 5.10 Å². The van der Waals surface area contributed by atoms with Crippen molar-refractivity contribution < 1.29 is 13.9 Å². The molecule has 0 bridgehead atoms. The van der Waals surface area contributed by atoms with E-state index in [1.807, 2.05) is 31.5 Å². The molecule has 31 heavy (non-hydrogen) atoms. The van der Waals surface area contributed by atoms with Crippen molar-refractivity contribution in [3.05, 3.63) is 77.5 Å². The number of ether oxygens (including phenoxy) is 1. The highest BCUT2D eigenvalue weighted by atomic mass is 19.1. The Balaban J connectivity index is 1.42. The van der Waals surface area contributed by atoms with Crippen molar-refractivity contribution >= 4 is 16.9 Å². The lowest BCUT2D eigenvalue weighted by Crippen LogP contribution is -2.24. The normalized spacial score (nSPS) is 11.1. The largest absolute Gasteiger partial charge is 0.439 e. The van der Waals surface area contributed by atoms with Crippen LogP contribution in [0.15, 0.2) is 54.9 Å². The van der Waals surface area contributed by atoms with Crippen LogP contribution in [0.25, 0.3) is 11.0 Å². The predicted octanol–water partition coefficient (Wildman–Crippen LogP) is 4.58. The Morgan fingerprint density at radius 3 is 2.74 bits per heavy atom. The molecule has 0 saturated heterocycles. The first-order chi connectivity index (χ1) is 14.9. The zero-order valence-electron chi connectivity index (χ0n) is 17.5. The van der Waals surface area contributed by atoms with Gasteiger partial charge >= 0.3 is 0 Å². The molecule has 3 heterocycles. The molecule has 0 aliphatic carbocycles. The van der Waals surface area contributed by atoms with E-state index in [9.17, 15) is 9.18 Å². The van der Waals surface area contributed by atoms with Gasteiger partial charge in [0.2, 0.25) is 5.88 Å². The molecule has 0 fully saturated rings. The monoisotopic (exact) mass is 419 g/mol. The van der Waals surface area contributed by atoms with Gasteiger partial charge in [0.1, 0.15) is 11.6 Å². The van der Waals surface area contributed by atoms with Crippen LogP contribution in [0.2, 0.25) is 0 Å². The molecular formula is C23H22FN5O2. The minimum atomic E-state index is -0.378. The standard InChI is InChI=1S/C23H22FN5O2/c1-14(2)29-22-17(13-27-29)9-20(15(3)28-22)23(30)26-12-16-7-8-21(25-11-16)31-19-6-4-5-18(24)10-19/h4-11,13-14H,12H2,1-3H3,(H,26,30). The molecule has 4 aromatic rings. The third-order valence-electron chi connectivity index (χ3n) is 4.76. The molecule has 8 heteroatoms. The number of halogens is 1. The number of aryl methyl sites for hydroxylation is 1. The van der Waals surface area contributed by atoms with Gasteiger partial charge in [-0.3, -0.25) is 4.79 Å². The van der Waals surface area contributed by atoms with Crippen molar-refractivity contribution in [2.75, 3.05) is 0 Å². The minimum absolute atomic E-state index is 0.185. The molecule has 3 aromatic heterocycles. The van der Waals surface area contributed by atoms with Crippen molar-refractivity contribution in [1.82, 2.24) is 25.1 Å². The maximum absolute atomic E-state index is 13.3. The Hall–Kier alpha value is -3.81. The fourth-order valence-corrected chi connectivity index (χ4v) is 3.18. The highest BCUT2D eigenvalue weighted by molar-refractivity contribution is 5.98. The van der Waals surface area contributed by atoms with Crippen molar-refractivity contribution in [2.24, 2.45) is 0 Å². The van der Waals surface area contributed by atoms with Crippen LogP contribution in [0.1, 0.15) is 41.5 Å². The predicted molar refractivity (Wildman–Crippen MR) is 115 cm³/mol. The second kappa shape index (κ2) is 8.51. The third-order valence-corrected chi connectivity index (χ3v) is 4.76. The summed E-state index contributed by atoms with van der Waals surface area (Å²) in [7, 11) is 0. The smallest absolute Gasteiger partial charge is 0.253 e. The van der Waals surface area contributed by atoms with E-state index in [2.05, 4.69) is 20.4 Å². The first-order valence-corrected chi connectivity index (χ1v) is 9.92. The Morgan fingerprint density at radius 2 is 2.03 bits per heavy atom. The third kappa shape index (κ3) is 4.53. The summed E-state index contributed by atoms with van der Waals surface area (Å²) >= 11 is 0. The number of hydrogen-bond donors (Lipinski definition) is 1. The van der Waals surface area contributed by atoms with Crippen LogP contribution in [0.5, 0.6) is 11.6 Å². The molecule has 0 aliphatic rings. The Labute approximate surface area is 178 Å². The number of carbonyl (C=O) groups is 1. The van der Waals surface area contributed by atoms with E-state index >= 15 is 0 Å². The van der Waals surface area contributed by atoms with Crippen LogP contribution < -0.4 is 10.1 Å². The Kier molecular flexibility index (Phi) is 5.62. The second-order valence-corrected chi connectivity index (χ2v) is 7.46. The van der Waals surface area contributed by atoms with Crippen LogP contribution in [0.3, 0.4) is 0 Å². The molecule has 0 spiro atoms. The summed E-state index contributed by atoms with van der Waals surface area (Å²) in [6.07, 6.45) is 3.33. The number of benzene rings is 1. The molecule has 1 N–H and O–H groups in total. The van der Waals surface area contributed by atoms with Crippen molar-refractivity contribution in [3.8, 4) is 11.6 Å². The summed E-state index contributed by atoms with van der Waals surface area (Å²) in [4.78, 5) is 21.5. The Morgan fingerprint density at radius 1 is 1.19 bits per heavy atom. The number of aromatic nitrogens is 4. The first kappa shape index (κ1) is 20.5. The van der Waals surface area contributed by atoms with E-state index < -0.39 is 0 Å². The number of rotatable bonds is 6. The van der Waals surface area contributed by atoms with Crippen molar-refractivity contribution in [1.29, 1.82) is 0 Å². The zero-order valence-corrected chi connectivity index (χ0v) is 17.5. The first-order valence-electron chi connectivity index (χ1n) is 9.92. The van der Waals surface area contributed by atoms with Crippen LogP contribution in [-0.4, -0.2) is 25.7 Å². The van der Waals surface area contributed by atoms with Gasteiger partial charge in [-0.15, -0.1) is 0 Å². The topological polar surface area (TPSA) is 81.9 Å². The van der Waals surface area contributed by atoms with Crippen molar-refractivity contribution in [2.45, 2.75) is 33.4 Å². The molecule has 1 aromatic carbocycles. The average molecular weight is 419 g/mol. The van der Waals surface area contributed by atoms with Gasteiger partial charge < -0.3 is 10.1 Å². The maximum Gasteiger partial charge on any atom is 0.253 e. The fourth-order valence-electron chi connectivity index (χ4n) is 3.18. The van der Waals surface area contributed by atoms with E-state index in [0.29, 0.717) is 29.4 Å². The number of hydrogen-bond acceptors (Lipinski definition) is 5. The quantitative estimate of drug-likeness (QED) is 0.495. The lowest BCUT2D eigenvalue weighted by atomic mass is 10.1. The Bertz CT molecular complexity index is 1230. The van der Waals surface area contributed by atoms with E-state index in [0.717, 1.165) is 16.6 Å². The highest BCUT2D eigenvalue weighted by Crippen LogP contribution is 2.21. The molecule has 0 saturated carbocycles. The molecule has 0 atom stereocenters. The maximum atomic E-state index is 13.3. The van der Waals surface area contributed by atoms with Crippen molar-refractivity contribution in [3.63, 3.8) is 0 Å². The minimum Gasteiger partial charge on any atom is -0.439 e.